The molecule has 0 spiro atoms. The van der Waals surface area contributed by atoms with Gasteiger partial charge in [-0.3, -0.25) is 4.79 Å². The van der Waals surface area contributed by atoms with Gasteiger partial charge in [0.1, 0.15) is 11.4 Å². The van der Waals surface area contributed by atoms with Crippen LogP contribution in [0.15, 0.2) is 16.6 Å². The molecule has 2 rings (SSSR count). The molecule has 25 heavy (non-hydrogen) atoms. The average molecular weight is 436 g/mol. The second kappa shape index (κ2) is 7.91. The van der Waals surface area contributed by atoms with Crippen LogP contribution in [-0.2, 0) is 4.74 Å². The molecule has 138 valence electrons. The van der Waals surface area contributed by atoms with Gasteiger partial charge in [-0.25, -0.2) is 9.18 Å². The Hall–Kier alpha value is -1.34. The third-order valence-corrected chi connectivity index (χ3v) is 4.59. The van der Waals surface area contributed by atoms with E-state index in [-0.39, 0.29) is 27.0 Å². The summed E-state index contributed by atoms with van der Waals surface area (Å²) in [7, 11) is 0. The number of likely N-dealkylation sites (tertiary alicyclic amines) is 1. The van der Waals surface area contributed by atoms with Crippen LogP contribution in [0.3, 0.4) is 0 Å². The molecule has 1 aromatic carbocycles. The van der Waals surface area contributed by atoms with Crippen LogP contribution in [-0.4, -0.2) is 41.6 Å². The summed E-state index contributed by atoms with van der Waals surface area (Å²) < 4.78 is 19.2. The molecule has 1 aliphatic rings. The molecule has 1 heterocycles. The number of nitrogens with zero attached hydrogens (tertiary/aromatic N) is 1. The third-order valence-electron chi connectivity index (χ3n) is 3.67. The van der Waals surface area contributed by atoms with Crippen molar-refractivity contribution >= 4 is 39.5 Å². The number of benzene rings is 1. The van der Waals surface area contributed by atoms with Gasteiger partial charge in [0.15, 0.2) is 0 Å². The van der Waals surface area contributed by atoms with Crippen molar-refractivity contribution < 1.29 is 18.7 Å². The number of rotatable bonds is 2. The van der Waals surface area contributed by atoms with E-state index in [2.05, 4.69) is 21.2 Å². The van der Waals surface area contributed by atoms with Gasteiger partial charge in [0.25, 0.3) is 5.91 Å². The molecule has 8 heteroatoms. The maximum atomic E-state index is 13.7. The Labute approximate surface area is 160 Å². The van der Waals surface area contributed by atoms with E-state index in [1.165, 1.54) is 6.07 Å². The monoisotopic (exact) mass is 434 g/mol. The first-order valence-electron chi connectivity index (χ1n) is 8.00. The van der Waals surface area contributed by atoms with Crippen molar-refractivity contribution in [2.75, 3.05) is 13.1 Å². The highest BCUT2D eigenvalue weighted by molar-refractivity contribution is 9.10. The topological polar surface area (TPSA) is 58.6 Å². The summed E-state index contributed by atoms with van der Waals surface area (Å²) in [5, 5.41) is 2.96. The molecule has 0 aromatic heterocycles. The minimum Gasteiger partial charge on any atom is -0.444 e. The lowest BCUT2D eigenvalue weighted by molar-refractivity contribution is 0.0452. The Morgan fingerprint density at radius 3 is 2.72 bits per heavy atom. The summed E-state index contributed by atoms with van der Waals surface area (Å²) in [6.45, 7) is 6.21. The van der Waals surface area contributed by atoms with E-state index in [9.17, 15) is 14.0 Å². The summed E-state index contributed by atoms with van der Waals surface area (Å²) in [4.78, 5) is 26.1. The van der Waals surface area contributed by atoms with Crippen molar-refractivity contribution in [2.45, 2.75) is 45.3 Å². The van der Waals surface area contributed by atoms with Gasteiger partial charge in [0.2, 0.25) is 0 Å². The Morgan fingerprint density at radius 2 is 2.08 bits per heavy atom. The molecule has 1 fully saturated rings. The standard InChI is InChI=1S/C17H21BrClFN2O3/c1-17(2,3)25-16(24)21-10-5-4-6-22(9-10)15(23)11-7-14(20)12(18)8-13(11)19/h7-8,10H,4-6,9H2,1-3H3,(H,21,24). The summed E-state index contributed by atoms with van der Waals surface area (Å²) >= 11 is 9.12. The highest BCUT2D eigenvalue weighted by atomic mass is 79.9. The fourth-order valence-corrected chi connectivity index (χ4v) is 3.33. The number of hydrogen-bond acceptors (Lipinski definition) is 3. The minimum atomic E-state index is -0.587. The van der Waals surface area contributed by atoms with Gasteiger partial charge in [-0.05, 0) is 61.7 Å². The van der Waals surface area contributed by atoms with Crippen LogP contribution >= 0.6 is 27.5 Å². The highest BCUT2D eigenvalue weighted by Gasteiger charge is 2.28. The van der Waals surface area contributed by atoms with Gasteiger partial charge >= 0.3 is 6.09 Å². The lowest BCUT2D eigenvalue weighted by Crippen LogP contribution is -2.50. The molecule has 1 atom stereocenters. The summed E-state index contributed by atoms with van der Waals surface area (Å²) in [5.41, 5.74) is -0.475. The average Bonchev–Trinajstić information content (AvgIpc) is 2.48. The SMILES string of the molecule is CC(C)(C)OC(=O)NC1CCCN(C(=O)c2cc(F)c(Br)cc2Cl)C1. The molecular formula is C17H21BrClFN2O3. The number of hydrogen-bond donors (Lipinski definition) is 1. The number of nitrogens with one attached hydrogen (secondary N) is 1. The second-order valence-electron chi connectivity index (χ2n) is 6.98. The van der Waals surface area contributed by atoms with Crippen LogP contribution in [0.5, 0.6) is 0 Å². The van der Waals surface area contributed by atoms with E-state index in [0.29, 0.717) is 13.1 Å². The predicted molar refractivity (Wildman–Crippen MR) is 97.4 cm³/mol. The fourth-order valence-electron chi connectivity index (χ4n) is 2.61. The maximum absolute atomic E-state index is 13.7. The highest BCUT2D eigenvalue weighted by Crippen LogP contribution is 2.26. The van der Waals surface area contributed by atoms with Crippen molar-refractivity contribution in [1.29, 1.82) is 0 Å². The zero-order chi connectivity index (χ0) is 18.8. The van der Waals surface area contributed by atoms with Gasteiger partial charge in [0.05, 0.1) is 15.1 Å². The summed E-state index contributed by atoms with van der Waals surface area (Å²) in [6, 6.07) is 2.27. The van der Waals surface area contributed by atoms with Gasteiger partial charge in [-0.15, -0.1) is 0 Å². The van der Waals surface area contributed by atoms with Crippen molar-refractivity contribution in [3.63, 3.8) is 0 Å². The molecule has 5 nitrogen and oxygen atoms in total. The Kier molecular flexibility index (Phi) is 6.32. The van der Waals surface area contributed by atoms with E-state index < -0.39 is 17.5 Å². The van der Waals surface area contributed by atoms with E-state index >= 15 is 0 Å². The van der Waals surface area contributed by atoms with Crippen molar-refractivity contribution in [2.24, 2.45) is 0 Å². The third kappa shape index (κ3) is 5.57. The number of carbonyl (C=O) groups is 2. The first kappa shape index (κ1) is 20.0. The Morgan fingerprint density at radius 1 is 1.40 bits per heavy atom. The van der Waals surface area contributed by atoms with Gasteiger partial charge in [-0.1, -0.05) is 11.6 Å². The molecule has 0 bridgehead atoms. The number of halogens is 3. The Balaban J connectivity index is 2.04. The molecule has 1 aliphatic heterocycles. The van der Waals surface area contributed by atoms with Crippen molar-refractivity contribution in [3.8, 4) is 0 Å². The summed E-state index contributed by atoms with van der Waals surface area (Å²) in [6.07, 6.45) is 0.952. The maximum Gasteiger partial charge on any atom is 0.407 e. The molecule has 1 aromatic rings. The molecule has 0 saturated carbocycles. The molecular weight excluding hydrogens is 415 g/mol. The largest absolute Gasteiger partial charge is 0.444 e. The zero-order valence-electron chi connectivity index (χ0n) is 14.4. The number of ether oxygens (including phenoxy) is 1. The first-order valence-corrected chi connectivity index (χ1v) is 9.17. The zero-order valence-corrected chi connectivity index (χ0v) is 16.7. The van der Waals surface area contributed by atoms with Crippen LogP contribution < -0.4 is 5.32 Å². The molecule has 2 amide bonds. The van der Waals surface area contributed by atoms with Crippen LogP contribution in [0.1, 0.15) is 44.0 Å². The quantitative estimate of drug-likeness (QED) is 0.702. The fraction of sp³-hybridized carbons (Fsp3) is 0.529. The summed E-state index contributed by atoms with van der Waals surface area (Å²) in [5.74, 6) is -0.903. The van der Waals surface area contributed by atoms with Gasteiger partial charge in [-0.2, -0.15) is 0 Å². The van der Waals surface area contributed by atoms with E-state index in [4.69, 9.17) is 16.3 Å². The number of amides is 2. The van der Waals surface area contributed by atoms with Crippen LogP contribution in [0.25, 0.3) is 0 Å². The van der Waals surface area contributed by atoms with Crippen LogP contribution in [0.2, 0.25) is 5.02 Å². The van der Waals surface area contributed by atoms with Crippen molar-refractivity contribution in [1.82, 2.24) is 10.2 Å². The minimum absolute atomic E-state index is 0.111. The second-order valence-corrected chi connectivity index (χ2v) is 8.24. The van der Waals surface area contributed by atoms with Crippen LogP contribution in [0, 0.1) is 5.82 Å². The molecule has 0 aliphatic carbocycles. The van der Waals surface area contributed by atoms with E-state index in [1.54, 1.807) is 25.7 Å². The molecule has 1 unspecified atom stereocenters. The van der Waals surface area contributed by atoms with Gasteiger partial charge < -0.3 is 15.0 Å². The molecule has 1 saturated heterocycles. The van der Waals surface area contributed by atoms with Crippen LogP contribution in [0.4, 0.5) is 9.18 Å². The molecule has 0 radical (unpaired) electrons. The predicted octanol–water partition coefficient (Wildman–Crippen LogP) is 4.37. The number of carbonyl (C=O) groups excluding carboxylic acids is 2. The lowest BCUT2D eigenvalue weighted by atomic mass is 10.0. The Bertz CT molecular complexity index is 679. The van der Waals surface area contributed by atoms with E-state index in [1.807, 2.05) is 0 Å². The number of piperidine rings is 1. The van der Waals surface area contributed by atoms with E-state index in [0.717, 1.165) is 18.9 Å². The normalized spacial score (nSPS) is 18.0. The smallest absolute Gasteiger partial charge is 0.407 e. The van der Waals surface area contributed by atoms with Gasteiger partial charge in [0, 0.05) is 19.1 Å². The lowest BCUT2D eigenvalue weighted by Gasteiger charge is -2.33. The van der Waals surface area contributed by atoms with Crippen molar-refractivity contribution in [3.05, 3.63) is 33.0 Å². The first-order chi connectivity index (χ1) is 11.6. The molecule has 1 N–H and O–H groups in total. The number of alkyl carbamates (subject to hydrolysis) is 1.